The standard InChI is InChI=1S/C11H11N3O4S2/c1-7-12-6-11(19-7)20(17,18)14-9-3-2-8(13-5-9)4-10(15)16/h2-3,5-6,14H,4H2,1H3,(H,15,16). The Kier molecular flexibility index (Phi) is 4.00. The van der Waals surface area contributed by atoms with Gasteiger partial charge in [0.1, 0.15) is 0 Å². The molecular weight excluding hydrogens is 302 g/mol. The molecule has 0 aliphatic carbocycles. The van der Waals surface area contributed by atoms with E-state index in [4.69, 9.17) is 5.11 Å². The third-order valence-corrected chi connectivity index (χ3v) is 5.03. The van der Waals surface area contributed by atoms with Crippen molar-refractivity contribution in [2.75, 3.05) is 4.72 Å². The van der Waals surface area contributed by atoms with Crippen molar-refractivity contribution in [1.29, 1.82) is 0 Å². The Balaban J connectivity index is 2.15. The van der Waals surface area contributed by atoms with Crippen LogP contribution in [0.15, 0.2) is 28.7 Å². The maximum atomic E-state index is 12.0. The van der Waals surface area contributed by atoms with Crippen molar-refractivity contribution < 1.29 is 18.3 Å². The molecule has 0 radical (unpaired) electrons. The number of rotatable bonds is 5. The van der Waals surface area contributed by atoms with Crippen LogP contribution in [0.3, 0.4) is 0 Å². The van der Waals surface area contributed by atoms with Gasteiger partial charge in [0.15, 0.2) is 4.21 Å². The lowest BCUT2D eigenvalue weighted by Gasteiger charge is -2.05. The van der Waals surface area contributed by atoms with E-state index in [-0.39, 0.29) is 16.3 Å². The summed E-state index contributed by atoms with van der Waals surface area (Å²) in [5, 5.41) is 9.27. The SMILES string of the molecule is Cc1ncc(S(=O)(=O)Nc2ccc(CC(=O)O)nc2)s1. The molecule has 2 N–H and O–H groups in total. The lowest BCUT2D eigenvalue weighted by atomic mass is 10.3. The van der Waals surface area contributed by atoms with Gasteiger partial charge in [0, 0.05) is 0 Å². The zero-order chi connectivity index (χ0) is 14.8. The molecule has 2 aromatic rings. The van der Waals surface area contributed by atoms with Crippen LogP contribution >= 0.6 is 11.3 Å². The summed E-state index contributed by atoms with van der Waals surface area (Å²) < 4.78 is 26.5. The third kappa shape index (κ3) is 3.52. The molecule has 2 aromatic heterocycles. The molecule has 0 saturated carbocycles. The van der Waals surface area contributed by atoms with E-state index in [9.17, 15) is 13.2 Å². The van der Waals surface area contributed by atoms with E-state index in [1.165, 1.54) is 24.5 Å². The summed E-state index contributed by atoms with van der Waals surface area (Å²) in [7, 11) is -3.68. The molecule has 2 rings (SSSR count). The van der Waals surface area contributed by atoms with Gasteiger partial charge in [-0.15, -0.1) is 11.3 Å². The summed E-state index contributed by atoms with van der Waals surface area (Å²) in [6.45, 7) is 1.71. The van der Waals surface area contributed by atoms with Gasteiger partial charge in [0.05, 0.1) is 35.2 Å². The molecule has 9 heteroatoms. The summed E-state index contributed by atoms with van der Waals surface area (Å²) in [6, 6.07) is 2.93. The van der Waals surface area contributed by atoms with Crippen LogP contribution < -0.4 is 4.72 Å². The largest absolute Gasteiger partial charge is 0.481 e. The molecule has 0 atom stereocenters. The first-order valence-electron chi connectivity index (χ1n) is 5.49. The second-order valence-corrected chi connectivity index (χ2v) is 7.06. The summed E-state index contributed by atoms with van der Waals surface area (Å²) in [6.07, 6.45) is 2.36. The first kappa shape index (κ1) is 14.4. The number of aryl methyl sites for hydroxylation is 1. The van der Waals surface area contributed by atoms with Crippen molar-refractivity contribution in [1.82, 2.24) is 9.97 Å². The van der Waals surface area contributed by atoms with Crippen LogP contribution in [-0.4, -0.2) is 29.5 Å². The van der Waals surface area contributed by atoms with Crippen molar-refractivity contribution in [2.24, 2.45) is 0 Å². The fourth-order valence-electron chi connectivity index (χ4n) is 1.42. The van der Waals surface area contributed by atoms with E-state index >= 15 is 0 Å². The summed E-state index contributed by atoms with van der Waals surface area (Å²) in [4.78, 5) is 18.3. The number of nitrogens with one attached hydrogen (secondary N) is 1. The zero-order valence-corrected chi connectivity index (χ0v) is 12.0. The van der Waals surface area contributed by atoms with Crippen molar-refractivity contribution in [3.63, 3.8) is 0 Å². The van der Waals surface area contributed by atoms with Gasteiger partial charge >= 0.3 is 5.97 Å². The minimum atomic E-state index is -3.68. The summed E-state index contributed by atoms with van der Waals surface area (Å²) in [5.41, 5.74) is 0.624. The molecule has 106 valence electrons. The number of sulfonamides is 1. The van der Waals surface area contributed by atoms with Crippen molar-refractivity contribution in [3.8, 4) is 0 Å². The molecule has 0 amide bonds. The molecule has 0 aliphatic rings. The average molecular weight is 313 g/mol. The minimum Gasteiger partial charge on any atom is -0.481 e. The van der Waals surface area contributed by atoms with E-state index in [0.717, 1.165) is 11.3 Å². The van der Waals surface area contributed by atoms with E-state index < -0.39 is 16.0 Å². The quantitative estimate of drug-likeness (QED) is 0.860. The fraction of sp³-hybridized carbons (Fsp3) is 0.182. The highest BCUT2D eigenvalue weighted by molar-refractivity contribution is 7.94. The second-order valence-electron chi connectivity index (χ2n) is 3.91. The molecular formula is C11H11N3O4S2. The highest BCUT2D eigenvalue weighted by Crippen LogP contribution is 2.21. The van der Waals surface area contributed by atoms with Gasteiger partial charge in [0.2, 0.25) is 0 Å². The Labute approximate surface area is 119 Å². The van der Waals surface area contributed by atoms with Crippen molar-refractivity contribution >= 4 is 33.0 Å². The molecule has 0 fully saturated rings. The lowest BCUT2D eigenvalue weighted by molar-refractivity contribution is -0.136. The summed E-state index contributed by atoms with van der Waals surface area (Å²) >= 11 is 1.07. The number of carboxylic acid groups (broad SMARTS) is 1. The third-order valence-electron chi connectivity index (χ3n) is 2.27. The number of thiazole rings is 1. The molecule has 0 aliphatic heterocycles. The van der Waals surface area contributed by atoms with E-state index in [1.807, 2.05) is 0 Å². The van der Waals surface area contributed by atoms with E-state index in [0.29, 0.717) is 10.7 Å². The predicted molar refractivity (Wildman–Crippen MR) is 73.2 cm³/mol. The number of hydrogen-bond acceptors (Lipinski definition) is 6. The molecule has 0 bridgehead atoms. The number of carboxylic acids is 1. The number of hydrogen-bond donors (Lipinski definition) is 2. The van der Waals surface area contributed by atoms with Crippen LogP contribution in [0.5, 0.6) is 0 Å². The first-order valence-corrected chi connectivity index (χ1v) is 7.79. The van der Waals surface area contributed by atoms with Gasteiger partial charge in [0.25, 0.3) is 10.0 Å². The fourth-order valence-corrected chi connectivity index (χ4v) is 3.57. The van der Waals surface area contributed by atoms with E-state index in [1.54, 1.807) is 6.92 Å². The Morgan fingerprint density at radius 1 is 1.35 bits per heavy atom. The van der Waals surface area contributed by atoms with Crippen molar-refractivity contribution in [3.05, 3.63) is 35.2 Å². The maximum absolute atomic E-state index is 12.0. The monoisotopic (exact) mass is 313 g/mol. The number of pyridine rings is 1. The second kappa shape index (κ2) is 5.55. The van der Waals surface area contributed by atoms with Crippen LogP contribution in [0.2, 0.25) is 0 Å². The first-order chi connectivity index (χ1) is 9.37. The Morgan fingerprint density at radius 2 is 2.10 bits per heavy atom. The number of anilines is 1. The van der Waals surface area contributed by atoms with Crippen LogP contribution in [0.25, 0.3) is 0 Å². The number of carbonyl (C=O) groups is 1. The van der Waals surface area contributed by atoms with Crippen LogP contribution in [0.4, 0.5) is 5.69 Å². The molecule has 0 unspecified atom stereocenters. The highest BCUT2D eigenvalue weighted by Gasteiger charge is 2.17. The molecule has 0 aromatic carbocycles. The maximum Gasteiger partial charge on any atom is 0.309 e. The van der Waals surface area contributed by atoms with Crippen molar-refractivity contribution in [2.45, 2.75) is 17.6 Å². The topological polar surface area (TPSA) is 109 Å². The molecule has 20 heavy (non-hydrogen) atoms. The normalized spacial score (nSPS) is 11.2. The van der Waals surface area contributed by atoms with Crippen LogP contribution in [0, 0.1) is 6.92 Å². The van der Waals surface area contributed by atoms with Gasteiger partial charge in [-0.3, -0.25) is 14.5 Å². The van der Waals surface area contributed by atoms with Gasteiger partial charge in [-0.1, -0.05) is 0 Å². The van der Waals surface area contributed by atoms with Gasteiger partial charge in [-0.25, -0.2) is 13.4 Å². The highest BCUT2D eigenvalue weighted by atomic mass is 32.2. The number of aliphatic carboxylic acids is 1. The van der Waals surface area contributed by atoms with Gasteiger partial charge in [-0.05, 0) is 19.1 Å². The van der Waals surface area contributed by atoms with Gasteiger partial charge < -0.3 is 5.11 Å². The minimum absolute atomic E-state index is 0.115. The smallest absolute Gasteiger partial charge is 0.309 e. The number of nitrogens with zero attached hydrogens (tertiary/aromatic N) is 2. The lowest BCUT2D eigenvalue weighted by Crippen LogP contribution is -2.12. The van der Waals surface area contributed by atoms with Crippen LogP contribution in [0.1, 0.15) is 10.7 Å². The zero-order valence-electron chi connectivity index (χ0n) is 10.4. The molecule has 0 saturated heterocycles. The molecule has 7 nitrogen and oxygen atoms in total. The Morgan fingerprint density at radius 3 is 2.60 bits per heavy atom. The average Bonchev–Trinajstić information content (AvgIpc) is 2.78. The van der Waals surface area contributed by atoms with E-state index in [2.05, 4.69) is 14.7 Å². The Bertz CT molecular complexity index is 722. The molecule has 2 heterocycles. The summed E-state index contributed by atoms with van der Waals surface area (Å²) in [5.74, 6) is -0.994. The Hall–Kier alpha value is -2.00. The predicted octanol–water partition coefficient (Wildman–Crippen LogP) is 1.27. The van der Waals surface area contributed by atoms with Gasteiger partial charge in [-0.2, -0.15) is 0 Å². The molecule has 0 spiro atoms. The number of aromatic nitrogens is 2. The van der Waals surface area contributed by atoms with Crippen LogP contribution in [-0.2, 0) is 21.2 Å².